The molecule has 0 N–H and O–H groups in total. The van der Waals surface area contributed by atoms with Crippen LogP contribution in [0.4, 0.5) is 5.69 Å². The van der Waals surface area contributed by atoms with Crippen molar-refractivity contribution in [3.63, 3.8) is 0 Å². The summed E-state index contributed by atoms with van der Waals surface area (Å²) in [5, 5.41) is 2.15. The predicted molar refractivity (Wildman–Crippen MR) is 138 cm³/mol. The molecule has 3 atom stereocenters. The number of hydroxylamine groups is 1. The number of carbonyl (C=O) groups is 1. The molecular weight excluding hydrogens is 406 g/mol. The molecule has 0 unspecified atom stereocenters. The predicted octanol–water partition coefficient (Wildman–Crippen LogP) is 8.23. The molecule has 0 radical (unpaired) electrons. The summed E-state index contributed by atoms with van der Waals surface area (Å²) in [4.78, 5) is 17.3. The lowest BCUT2D eigenvalue weighted by Gasteiger charge is -2.26. The average Bonchev–Trinajstić information content (AvgIpc) is 3.23. The van der Waals surface area contributed by atoms with Crippen LogP contribution in [0.3, 0.4) is 0 Å². The molecule has 1 aliphatic rings. The van der Waals surface area contributed by atoms with E-state index in [1.807, 2.05) is 0 Å². The van der Waals surface area contributed by atoms with E-state index in [4.69, 9.17) is 4.84 Å². The van der Waals surface area contributed by atoms with Crippen molar-refractivity contribution in [2.24, 2.45) is 5.92 Å². The Morgan fingerprint density at radius 1 is 0.818 bits per heavy atom. The van der Waals surface area contributed by atoms with E-state index >= 15 is 0 Å². The zero-order valence-electron chi connectivity index (χ0n) is 20.3. The molecule has 0 spiro atoms. The molecule has 2 aromatic carbocycles. The lowest BCUT2D eigenvalue weighted by atomic mass is 9.86. The van der Waals surface area contributed by atoms with E-state index in [1.54, 1.807) is 0 Å². The second kappa shape index (κ2) is 14.7. The molecule has 33 heavy (non-hydrogen) atoms. The first-order chi connectivity index (χ1) is 16.3. The lowest BCUT2D eigenvalue weighted by molar-refractivity contribution is -0.107. The number of rotatable bonds is 15. The first-order valence-corrected chi connectivity index (χ1v) is 13.0. The molecule has 1 saturated heterocycles. The Bertz CT molecular complexity index is 805. The Labute approximate surface area is 200 Å². The summed E-state index contributed by atoms with van der Waals surface area (Å²) in [6.45, 7) is 2.26. The van der Waals surface area contributed by atoms with E-state index in [0.29, 0.717) is 12.3 Å². The maximum atomic E-state index is 10.6. The number of allylic oxidation sites excluding steroid dienone is 1. The highest BCUT2D eigenvalue weighted by molar-refractivity contribution is 5.49. The van der Waals surface area contributed by atoms with Crippen molar-refractivity contribution < 1.29 is 9.63 Å². The van der Waals surface area contributed by atoms with Gasteiger partial charge >= 0.3 is 0 Å². The Morgan fingerprint density at radius 2 is 1.48 bits per heavy atom. The molecular formula is C30H41NO2. The van der Waals surface area contributed by atoms with Crippen LogP contribution < -0.4 is 5.06 Å². The number of nitrogens with zero attached hydrogens (tertiary/aromatic N) is 1. The molecule has 3 heteroatoms. The highest BCUT2D eigenvalue weighted by atomic mass is 16.7. The second-order valence-electron chi connectivity index (χ2n) is 9.17. The van der Waals surface area contributed by atoms with E-state index in [0.717, 1.165) is 50.5 Å². The highest BCUT2D eigenvalue weighted by Gasteiger charge is 2.42. The standard InChI is InChI=1S/C30H41NO2/c1-2-3-4-5-7-16-23-28-29(24-17-8-6-9-18-25-32)33-31(27-21-14-11-15-22-27)30(28)26-19-12-10-13-20-26/h10-16,19-23,25,28-30H,2-9,17-18,24H2,1H3/b23-16-/t28-,29-,30-/m1/s1. The van der Waals surface area contributed by atoms with Crippen LogP contribution in [0.15, 0.2) is 72.8 Å². The fourth-order valence-electron chi connectivity index (χ4n) is 4.79. The fourth-order valence-corrected chi connectivity index (χ4v) is 4.79. The third-order valence-corrected chi connectivity index (χ3v) is 6.59. The SMILES string of the molecule is CCCCCC/C=C\[C@H]1[C@@H](c2ccccc2)N(c2ccccc2)O[C@@H]1CCCCCCC=O. The van der Waals surface area contributed by atoms with Crippen molar-refractivity contribution in [1.82, 2.24) is 0 Å². The van der Waals surface area contributed by atoms with Gasteiger partial charge in [-0.1, -0.05) is 106 Å². The number of carbonyl (C=O) groups excluding carboxylic acids is 1. The summed E-state index contributed by atoms with van der Waals surface area (Å²) in [5.41, 5.74) is 2.41. The van der Waals surface area contributed by atoms with Gasteiger partial charge in [-0.2, -0.15) is 0 Å². The number of benzene rings is 2. The Balaban J connectivity index is 1.77. The van der Waals surface area contributed by atoms with Crippen LogP contribution in [-0.2, 0) is 9.63 Å². The van der Waals surface area contributed by atoms with Crippen molar-refractivity contribution in [2.45, 2.75) is 89.7 Å². The van der Waals surface area contributed by atoms with Gasteiger partial charge in [0.05, 0.1) is 17.8 Å². The largest absolute Gasteiger partial charge is 0.303 e. The summed E-state index contributed by atoms with van der Waals surface area (Å²) in [6.07, 6.45) is 18.5. The molecule has 178 valence electrons. The average molecular weight is 448 g/mol. The third-order valence-electron chi connectivity index (χ3n) is 6.59. The van der Waals surface area contributed by atoms with Gasteiger partial charge in [0.2, 0.25) is 0 Å². The molecule has 0 saturated carbocycles. The van der Waals surface area contributed by atoms with Gasteiger partial charge in [0.15, 0.2) is 0 Å². The molecule has 1 aliphatic heterocycles. The van der Waals surface area contributed by atoms with E-state index in [2.05, 4.69) is 84.8 Å². The smallest absolute Gasteiger partial charge is 0.119 e. The molecule has 0 aliphatic carbocycles. The van der Waals surface area contributed by atoms with Crippen LogP contribution in [0.1, 0.15) is 89.2 Å². The normalized spacial score (nSPS) is 20.5. The minimum absolute atomic E-state index is 0.161. The van der Waals surface area contributed by atoms with Gasteiger partial charge < -0.3 is 4.79 Å². The van der Waals surface area contributed by atoms with Gasteiger partial charge in [0.1, 0.15) is 6.29 Å². The highest BCUT2D eigenvalue weighted by Crippen LogP contribution is 2.44. The first kappa shape index (κ1) is 25.2. The molecule has 1 fully saturated rings. The van der Waals surface area contributed by atoms with E-state index in [-0.39, 0.29) is 12.1 Å². The Hall–Kier alpha value is -2.39. The van der Waals surface area contributed by atoms with Crippen molar-refractivity contribution in [3.05, 3.63) is 78.4 Å². The van der Waals surface area contributed by atoms with Crippen LogP contribution in [0.2, 0.25) is 0 Å². The van der Waals surface area contributed by atoms with Crippen molar-refractivity contribution in [2.75, 3.05) is 5.06 Å². The number of anilines is 1. The van der Waals surface area contributed by atoms with E-state index in [1.165, 1.54) is 31.2 Å². The second-order valence-corrected chi connectivity index (χ2v) is 9.17. The van der Waals surface area contributed by atoms with Crippen LogP contribution in [-0.4, -0.2) is 12.4 Å². The van der Waals surface area contributed by atoms with E-state index in [9.17, 15) is 4.79 Å². The summed E-state index contributed by atoms with van der Waals surface area (Å²) >= 11 is 0. The van der Waals surface area contributed by atoms with Gasteiger partial charge in [-0.25, -0.2) is 5.06 Å². The van der Waals surface area contributed by atoms with Crippen molar-refractivity contribution in [1.29, 1.82) is 0 Å². The molecule has 3 rings (SSSR count). The summed E-state index contributed by atoms with van der Waals surface area (Å²) in [5.74, 6) is 0.314. The lowest BCUT2D eigenvalue weighted by Crippen LogP contribution is -2.23. The third kappa shape index (κ3) is 7.85. The maximum Gasteiger partial charge on any atom is 0.119 e. The summed E-state index contributed by atoms with van der Waals surface area (Å²) in [7, 11) is 0. The van der Waals surface area contributed by atoms with Crippen molar-refractivity contribution in [3.8, 4) is 0 Å². The molecule has 0 bridgehead atoms. The Morgan fingerprint density at radius 3 is 2.21 bits per heavy atom. The molecule has 0 amide bonds. The zero-order valence-corrected chi connectivity index (χ0v) is 20.3. The maximum absolute atomic E-state index is 10.6. The van der Waals surface area contributed by atoms with Crippen LogP contribution in [0, 0.1) is 5.92 Å². The van der Waals surface area contributed by atoms with Gasteiger partial charge in [-0.3, -0.25) is 4.84 Å². The summed E-state index contributed by atoms with van der Waals surface area (Å²) < 4.78 is 0. The van der Waals surface area contributed by atoms with Gasteiger partial charge in [-0.15, -0.1) is 0 Å². The van der Waals surface area contributed by atoms with Crippen LogP contribution in [0.5, 0.6) is 0 Å². The molecule has 0 aromatic heterocycles. The number of hydrogen-bond donors (Lipinski definition) is 0. The minimum Gasteiger partial charge on any atom is -0.303 e. The van der Waals surface area contributed by atoms with Crippen LogP contribution >= 0.6 is 0 Å². The molecule has 3 nitrogen and oxygen atoms in total. The van der Waals surface area contributed by atoms with Gasteiger partial charge in [0.25, 0.3) is 0 Å². The molecule has 2 aromatic rings. The number of hydrogen-bond acceptors (Lipinski definition) is 3. The van der Waals surface area contributed by atoms with Gasteiger partial charge in [0, 0.05) is 12.3 Å². The number of aldehydes is 1. The van der Waals surface area contributed by atoms with E-state index < -0.39 is 0 Å². The quantitative estimate of drug-likeness (QED) is 0.156. The minimum atomic E-state index is 0.161. The first-order valence-electron chi connectivity index (χ1n) is 13.0. The van der Waals surface area contributed by atoms with Gasteiger partial charge in [-0.05, 0) is 43.4 Å². The fraction of sp³-hybridized carbons (Fsp3) is 0.500. The molecule has 1 heterocycles. The Kier molecular flexibility index (Phi) is 11.2. The monoisotopic (exact) mass is 447 g/mol. The number of para-hydroxylation sites is 1. The van der Waals surface area contributed by atoms with Crippen LogP contribution in [0.25, 0.3) is 0 Å². The number of unbranched alkanes of at least 4 members (excludes halogenated alkanes) is 8. The van der Waals surface area contributed by atoms with Crippen molar-refractivity contribution >= 4 is 12.0 Å². The topological polar surface area (TPSA) is 29.5 Å². The summed E-state index contributed by atoms with van der Waals surface area (Å²) in [6, 6.07) is 21.5. The zero-order chi connectivity index (χ0) is 23.1.